The van der Waals surface area contributed by atoms with Crippen molar-refractivity contribution >= 4 is 44.4 Å². The highest BCUT2D eigenvalue weighted by atomic mass is 79.9. The highest BCUT2D eigenvalue weighted by molar-refractivity contribution is 9.10. The van der Waals surface area contributed by atoms with E-state index >= 15 is 0 Å². The maximum absolute atomic E-state index is 3.69. The predicted molar refractivity (Wildman–Crippen MR) is 158 cm³/mol. The van der Waals surface area contributed by atoms with Crippen LogP contribution in [0.25, 0.3) is 0 Å². The van der Waals surface area contributed by atoms with Crippen molar-refractivity contribution in [3.05, 3.63) is 136 Å². The molecule has 1 aliphatic rings. The summed E-state index contributed by atoms with van der Waals surface area (Å²) in [5, 5.41) is 0. The molecule has 1 aliphatic carbocycles. The van der Waals surface area contributed by atoms with E-state index in [1.54, 1.807) is 0 Å². The number of rotatable bonds is 6. The molecule has 1 atom stereocenters. The zero-order chi connectivity index (χ0) is 25.1. The lowest BCUT2D eigenvalue weighted by molar-refractivity contribution is 0.757. The first-order valence-corrected chi connectivity index (χ1v) is 13.2. The van der Waals surface area contributed by atoms with Gasteiger partial charge in [-0.25, -0.2) is 0 Å². The second-order valence-corrected chi connectivity index (χ2v) is 10.5. The maximum atomic E-state index is 3.69. The van der Waals surface area contributed by atoms with Gasteiger partial charge in [0.15, 0.2) is 0 Å². The Kier molecular flexibility index (Phi) is 7.11. The van der Waals surface area contributed by atoms with E-state index < -0.39 is 0 Å². The summed E-state index contributed by atoms with van der Waals surface area (Å²) in [7, 11) is 0. The molecule has 0 fully saturated rings. The predicted octanol–water partition coefficient (Wildman–Crippen LogP) is 9.95. The number of hydrogen-bond donors (Lipinski definition) is 0. The van der Waals surface area contributed by atoms with Crippen LogP contribution in [-0.2, 0) is 0 Å². The van der Waals surface area contributed by atoms with Crippen LogP contribution in [0.2, 0.25) is 0 Å². The quantitative estimate of drug-likeness (QED) is 0.242. The molecule has 5 rings (SSSR count). The molecule has 1 unspecified atom stereocenters. The van der Waals surface area contributed by atoms with Crippen LogP contribution >= 0.6 is 15.9 Å². The zero-order valence-corrected chi connectivity index (χ0v) is 22.6. The Morgan fingerprint density at radius 1 is 0.639 bits per heavy atom. The first kappa shape index (κ1) is 24.1. The fourth-order valence-electron chi connectivity index (χ4n) is 4.91. The SMILES string of the molecule is CC1=CC=CC(N(c2cccc(Br)c2)c2cccc(N(c3cccc(C)c3)c3cccc(C)c3)c2)C1. The normalized spacial score (nSPS) is 14.9. The van der Waals surface area contributed by atoms with Crippen LogP contribution in [0.15, 0.2) is 125 Å². The van der Waals surface area contributed by atoms with E-state index in [1.165, 1.54) is 28.1 Å². The Bertz CT molecular complexity index is 1390. The lowest BCUT2D eigenvalue weighted by Crippen LogP contribution is -2.30. The minimum absolute atomic E-state index is 0.242. The van der Waals surface area contributed by atoms with Crippen LogP contribution in [0, 0.1) is 13.8 Å². The van der Waals surface area contributed by atoms with E-state index in [-0.39, 0.29) is 6.04 Å². The Balaban J connectivity index is 1.65. The van der Waals surface area contributed by atoms with Crippen LogP contribution in [0.5, 0.6) is 0 Å². The fourth-order valence-corrected chi connectivity index (χ4v) is 5.30. The molecule has 4 aromatic carbocycles. The Morgan fingerprint density at radius 2 is 1.17 bits per heavy atom. The average molecular weight is 536 g/mol. The summed E-state index contributed by atoms with van der Waals surface area (Å²) in [5.41, 5.74) is 9.66. The second kappa shape index (κ2) is 10.6. The molecule has 0 heterocycles. The molecule has 0 radical (unpaired) electrons. The lowest BCUT2D eigenvalue weighted by Gasteiger charge is -2.35. The molecule has 3 heteroatoms. The molecule has 0 spiro atoms. The number of halogens is 1. The number of aryl methyl sites for hydroxylation is 2. The summed E-state index contributed by atoms with van der Waals surface area (Å²) in [6, 6.07) is 35.2. The smallest absolute Gasteiger partial charge is 0.0562 e. The number of anilines is 5. The van der Waals surface area contributed by atoms with Crippen molar-refractivity contribution in [1.82, 2.24) is 0 Å². The average Bonchev–Trinajstić information content (AvgIpc) is 2.85. The van der Waals surface area contributed by atoms with Gasteiger partial charge in [0.05, 0.1) is 6.04 Å². The van der Waals surface area contributed by atoms with Gasteiger partial charge in [0, 0.05) is 32.9 Å². The molecular formula is C33H31BrN2. The summed E-state index contributed by atoms with van der Waals surface area (Å²) in [6.45, 7) is 6.51. The van der Waals surface area contributed by atoms with Crippen molar-refractivity contribution in [2.45, 2.75) is 33.2 Å². The third-order valence-corrected chi connectivity index (χ3v) is 7.04. The molecule has 0 N–H and O–H groups in total. The number of nitrogens with zero attached hydrogens (tertiary/aromatic N) is 2. The van der Waals surface area contributed by atoms with Gasteiger partial charge in [0.2, 0.25) is 0 Å². The van der Waals surface area contributed by atoms with Crippen molar-refractivity contribution in [1.29, 1.82) is 0 Å². The van der Waals surface area contributed by atoms with Crippen molar-refractivity contribution in [2.24, 2.45) is 0 Å². The highest BCUT2D eigenvalue weighted by Crippen LogP contribution is 2.40. The van der Waals surface area contributed by atoms with E-state index in [9.17, 15) is 0 Å². The van der Waals surface area contributed by atoms with Crippen LogP contribution in [0.1, 0.15) is 24.5 Å². The Morgan fingerprint density at radius 3 is 1.75 bits per heavy atom. The van der Waals surface area contributed by atoms with Gasteiger partial charge in [-0.15, -0.1) is 0 Å². The molecule has 0 amide bonds. The van der Waals surface area contributed by atoms with Gasteiger partial charge in [0.1, 0.15) is 0 Å². The minimum atomic E-state index is 0.242. The van der Waals surface area contributed by atoms with Gasteiger partial charge in [-0.05, 0) is 99.0 Å². The maximum Gasteiger partial charge on any atom is 0.0562 e. The van der Waals surface area contributed by atoms with E-state index in [2.05, 4.69) is 162 Å². The molecule has 0 saturated carbocycles. The molecule has 2 nitrogen and oxygen atoms in total. The van der Waals surface area contributed by atoms with Crippen LogP contribution in [0.3, 0.4) is 0 Å². The molecule has 180 valence electrons. The minimum Gasteiger partial charge on any atom is -0.334 e. The van der Waals surface area contributed by atoms with E-state index in [0.717, 1.165) is 28.0 Å². The molecule has 36 heavy (non-hydrogen) atoms. The lowest BCUT2D eigenvalue weighted by atomic mass is 9.99. The van der Waals surface area contributed by atoms with Crippen LogP contribution < -0.4 is 9.80 Å². The molecule has 0 aromatic heterocycles. The Labute approximate surface area is 223 Å². The first-order valence-electron chi connectivity index (χ1n) is 12.4. The van der Waals surface area contributed by atoms with Crippen LogP contribution in [-0.4, -0.2) is 6.04 Å². The molecular weight excluding hydrogens is 504 g/mol. The monoisotopic (exact) mass is 534 g/mol. The van der Waals surface area contributed by atoms with Gasteiger partial charge in [-0.1, -0.05) is 76.1 Å². The summed E-state index contributed by atoms with van der Waals surface area (Å²) < 4.78 is 1.08. The molecule has 0 bridgehead atoms. The standard InChI is InChI=1S/C33H31BrN2/c1-24-9-4-13-28(19-24)35(29-14-5-10-25(2)20-29)32-17-8-18-33(23-32)36(30-15-6-11-26(3)21-30)31-16-7-12-27(34)22-31/h4-20,22-23,30H,21H2,1-3H3. The summed E-state index contributed by atoms with van der Waals surface area (Å²) >= 11 is 3.69. The van der Waals surface area contributed by atoms with Crippen molar-refractivity contribution in [2.75, 3.05) is 9.80 Å². The summed E-state index contributed by atoms with van der Waals surface area (Å²) in [6.07, 6.45) is 7.69. The van der Waals surface area contributed by atoms with E-state index in [1.807, 2.05) is 0 Å². The van der Waals surface area contributed by atoms with Crippen molar-refractivity contribution in [3.63, 3.8) is 0 Å². The highest BCUT2D eigenvalue weighted by Gasteiger charge is 2.22. The number of hydrogen-bond acceptors (Lipinski definition) is 2. The Hall–Kier alpha value is -3.56. The molecule has 4 aromatic rings. The summed E-state index contributed by atoms with van der Waals surface area (Å²) in [5.74, 6) is 0. The van der Waals surface area contributed by atoms with Gasteiger partial charge in [0.25, 0.3) is 0 Å². The van der Waals surface area contributed by atoms with E-state index in [4.69, 9.17) is 0 Å². The van der Waals surface area contributed by atoms with Gasteiger partial charge in [-0.3, -0.25) is 0 Å². The van der Waals surface area contributed by atoms with Gasteiger partial charge < -0.3 is 9.80 Å². The molecule has 0 saturated heterocycles. The third-order valence-electron chi connectivity index (χ3n) is 6.55. The van der Waals surface area contributed by atoms with Gasteiger partial charge >= 0.3 is 0 Å². The molecule has 0 aliphatic heterocycles. The second-order valence-electron chi connectivity index (χ2n) is 9.55. The van der Waals surface area contributed by atoms with Gasteiger partial charge in [-0.2, -0.15) is 0 Å². The first-order chi connectivity index (χ1) is 17.5. The number of allylic oxidation sites excluding steroid dienone is 2. The van der Waals surface area contributed by atoms with E-state index in [0.29, 0.717) is 0 Å². The van der Waals surface area contributed by atoms with Crippen molar-refractivity contribution in [3.8, 4) is 0 Å². The third kappa shape index (κ3) is 5.32. The fraction of sp³-hybridized carbons (Fsp3) is 0.152. The number of benzene rings is 4. The van der Waals surface area contributed by atoms with Crippen molar-refractivity contribution < 1.29 is 0 Å². The van der Waals surface area contributed by atoms with Crippen LogP contribution in [0.4, 0.5) is 28.4 Å². The summed E-state index contributed by atoms with van der Waals surface area (Å²) in [4.78, 5) is 4.80. The zero-order valence-electron chi connectivity index (χ0n) is 21.0. The largest absolute Gasteiger partial charge is 0.334 e. The topological polar surface area (TPSA) is 6.48 Å².